The van der Waals surface area contributed by atoms with Crippen LogP contribution in [0.2, 0.25) is 0 Å². The Bertz CT molecular complexity index is 1160. The van der Waals surface area contributed by atoms with Gasteiger partial charge in [0.15, 0.2) is 0 Å². The van der Waals surface area contributed by atoms with Crippen LogP contribution in [-0.4, -0.2) is 50.5 Å². The molecule has 0 fully saturated rings. The number of nitrogens with zero attached hydrogens (tertiary/aromatic N) is 5. The maximum atomic E-state index is 11.9. The van der Waals surface area contributed by atoms with Crippen molar-refractivity contribution in [2.24, 2.45) is 0 Å². The van der Waals surface area contributed by atoms with Gasteiger partial charge in [-0.25, -0.2) is 15.0 Å². The van der Waals surface area contributed by atoms with Gasteiger partial charge in [0.25, 0.3) is 0 Å². The van der Waals surface area contributed by atoms with Crippen LogP contribution >= 0.6 is 0 Å². The molecule has 1 N–H and O–H groups in total. The number of nitrogens with one attached hydrogen (secondary N) is 1. The summed E-state index contributed by atoms with van der Waals surface area (Å²) in [5.41, 5.74) is 3.14. The molecule has 0 aromatic carbocycles. The number of carbonyl (C=O) groups is 1. The Morgan fingerprint density at radius 2 is 2.13 bits per heavy atom. The lowest BCUT2D eigenvalue weighted by Crippen LogP contribution is -2.33. The van der Waals surface area contributed by atoms with Crippen molar-refractivity contribution in [2.75, 3.05) is 25.5 Å². The lowest BCUT2D eigenvalue weighted by atomic mass is 10.0. The van der Waals surface area contributed by atoms with Gasteiger partial charge in [0.05, 0.1) is 18.3 Å². The molecule has 1 amide bonds. The van der Waals surface area contributed by atoms with Gasteiger partial charge in [0, 0.05) is 42.8 Å². The van der Waals surface area contributed by atoms with Crippen molar-refractivity contribution in [2.45, 2.75) is 26.3 Å². The summed E-state index contributed by atoms with van der Waals surface area (Å²) >= 11 is 0. The van der Waals surface area contributed by atoms with Gasteiger partial charge >= 0.3 is 0 Å². The Labute approximate surface area is 181 Å². The number of rotatable bonds is 6. The highest BCUT2D eigenvalue weighted by Crippen LogP contribution is 2.32. The first kappa shape index (κ1) is 20.6. The molecule has 1 aliphatic rings. The second-order valence-electron chi connectivity index (χ2n) is 7.64. The van der Waals surface area contributed by atoms with E-state index in [0.29, 0.717) is 36.6 Å². The zero-order chi connectivity index (χ0) is 22.0. The van der Waals surface area contributed by atoms with Crippen molar-refractivity contribution in [3.63, 3.8) is 0 Å². The highest BCUT2D eigenvalue weighted by Gasteiger charge is 2.20. The maximum Gasteiger partial charge on any atom is 0.246 e. The predicted molar refractivity (Wildman–Crippen MR) is 121 cm³/mol. The van der Waals surface area contributed by atoms with Gasteiger partial charge in [-0.2, -0.15) is 0 Å². The summed E-state index contributed by atoms with van der Waals surface area (Å²) in [4.78, 5) is 27.0. The van der Waals surface area contributed by atoms with Gasteiger partial charge in [0.1, 0.15) is 18.0 Å². The maximum absolute atomic E-state index is 11.9. The second-order valence-corrected chi connectivity index (χ2v) is 7.64. The summed E-state index contributed by atoms with van der Waals surface area (Å²) in [5.74, 6) is 1.72. The van der Waals surface area contributed by atoms with E-state index >= 15 is 0 Å². The van der Waals surface area contributed by atoms with Gasteiger partial charge in [0.2, 0.25) is 11.8 Å². The van der Waals surface area contributed by atoms with Gasteiger partial charge in [-0.3, -0.25) is 4.79 Å². The van der Waals surface area contributed by atoms with Crippen LogP contribution in [0.25, 0.3) is 16.5 Å². The number of fused-ring (bicyclic) bond motifs is 1. The Hall–Kier alpha value is -3.68. The third-order valence-electron chi connectivity index (χ3n) is 5.38. The third kappa shape index (κ3) is 4.14. The molecule has 4 heterocycles. The molecular formula is C23H26N6O2. The van der Waals surface area contributed by atoms with Gasteiger partial charge in [-0.15, -0.1) is 0 Å². The Morgan fingerprint density at radius 1 is 1.29 bits per heavy atom. The first-order valence-electron chi connectivity index (χ1n) is 10.3. The number of carbonyl (C=O) groups excluding carboxylic acids is 1. The van der Waals surface area contributed by atoms with Gasteiger partial charge in [-0.05, 0) is 38.0 Å². The molecule has 3 aromatic rings. The molecule has 0 aliphatic carbocycles. The Morgan fingerprint density at radius 3 is 2.81 bits per heavy atom. The first-order valence-corrected chi connectivity index (χ1v) is 10.3. The number of aromatic nitrogens is 4. The molecule has 0 unspecified atom stereocenters. The largest absolute Gasteiger partial charge is 0.481 e. The molecule has 0 saturated carbocycles. The molecule has 8 heteroatoms. The number of hydrogen-bond acceptors (Lipinski definition) is 6. The van der Waals surface area contributed by atoms with Crippen LogP contribution in [0.5, 0.6) is 5.88 Å². The molecule has 0 radical (unpaired) electrons. The normalized spacial score (nSPS) is 13.9. The van der Waals surface area contributed by atoms with E-state index in [0.717, 1.165) is 28.6 Å². The molecule has 0 saturated heterocycles. The fourth-order valence-electron chi connectivity index (χ4n) is 3.78. The summed E-state index contributed by atoms with van der Waals surface area (Å²) in [7, 11) is 1.57. The zero-order valence-corrected chi connectivity index (χ0v) is 18.0. The van der Waals surface area contributed by atoms with E-state index in [2.05, 4.69) is 58.6 Å². The molecule has 4 rings (SSSR count). The van der Waals surface area contributed by atoms with Crippen molar-refractivity contribution in [1.82, 2.24) is 24.4 Å². The van der Waals surface area contributed by atoms with Crippen LogP contribution in [0.3, 0.4) is 0 Å². The smallest absolute Gasteiger partial charge is 0.246 e. The first-order chi connectivity index (χ1) is 15.0. The van der Waals surface area contributed by atoms with E-state index in [-0.39, 0.29) is 5.91 Å². The average Bonchev–Trinajstić information content (AvgIpc) is 3.22. The second kappa shape index (κ2) is 8.59. The highest BCUT2D eigenvalue weighted by molar-refractivity contribution is 5.94. The van der Waals surface area contributed by atoms with E-state index in [1.807, 2.05) is 6.07 Å². The average molecular weight is 419 g/mol. The van der Waals surface area contributed by atoms with E-state index in [1.165, 1.54) is 12.4 Å². The fraction of sp³-hybridized carbons (Fsp3) is 0.304. The van der Waals surface area contributed by atoms with Gasteiger partial charge in [-0.1, -0.05) is 12.7 Å². The molecule has 0 spiro atoms. The van der Waals surface area contributed by atoms with E-state index in [1.54, 1.807) is 18.1 Å². The molecule has 0 atom stereocenters. The number of ether oxygens (including phenoxy) is 1. The standard InChI is InChI=1S/C23H26N6O2/c1-5-22(30)28-9-6-16(7-10-28)23-17-8-11-29(15(2)3)18(17)12-20(27-23)26-19-13-21(31-4)25-14-24-19/h5-6,8,11-15H,1,7,9-10H2,2-4H3,(H,24,25,26,27). The van der Waals surface area contributed by atoms with Crippen LogP contribution in [0.1, 0.15) is 32.0 Å². The predicted octanol–water partition coefficient (Wildman–Crippen LogP) is 3.96. The van der Waals surface area contributed by atoms with Crippen LogP contribution in [0, 0.1) is 0 Å². The number of anilines is 2. The molecule has 8 nitrogen and oxygen atoms in total. The number of pyridine rings is 1. The summed E-state index contributed by atoms with van der Waals surface area (Å²) in [6, 6.07) is 6.17. The minimum atomic E-state index is -0.0486. The van der Waals surface area contributed by atoms with Crippen molar-refractivity contribution in [3.05, 3.63) is 55.1 Å². The monoisotopic (exact) mass is 418 g/mol. The van der Waals surface area contributed by atoms with Crippen LogP contribution < -0.4 is 10.1 Å². The summed E-state index contributed by atoms with van der Waals surface area (Å²) in [6.07, 6.45) is 7.72. The molecule has 3 aromatic heterocycles. The minimum Gasteiger partial charge on any atom is -0.481 e. The van der Waals surface area contributed by atoms with E-state index in [9.17, 15) is 4.79 Å². The molecule has 1 aliphatic heterocycles. The van der Waals surface area contributed by atoms with Crippen molar-refractivity contribution in [3.8, 4) is 5.88 Å². The molecule has 31 heavy (non-hydrogen) atoms. The van der Waals surface area contributed by atoms with Crippen molar-refractivity contribution in [1.29, 1.82) is 0 Å². The number of amides is 1. The lowest BCUT2D eigenvalue weighted by Gasteiger charge is -2.25. The lowest BCUT2D eigenvalue weighted by molar-refractivity contribution is -0.125. The number of methoxy groups -OCH3 is 1. The quantitative estimate of drug-likeness (QED) is 0.610. The number of hydrogen-bond donors (Lipinski definition) is 1. The highest BCUT2D eigenvalue weighted by atomic mass is 16.5. The fourth-order valence-corrected chi connectivity index (χ4v) is 3.78. The summed E-state index contributed by atoms with van der Waals surface area (Å²) in [5, 5.41) is 4.37. The zero-order valence-electron chi connectivity index (χ0n) is 18.0. The molecule has 160 valence electrons. The molecular weight excluding hydrogens is 392 g/mol. The summed E-state index contributed by atoms with van der Waals surface area (Å²) in [6.45, 7) is 9.08. The van der Waals surface area contributed by atoms with Crippen molar-refractivity contribution >= 4 is 34.0 Å². The van der Waals surface area contributed by atoms with Gasteiger partial charge < -0.3 is 19.5 Å². The van der Waals surface area contributed by atoms with Crippen LogP contribution in [-0.2, 0) is 4.79 Å². The minimum absolute atomic E-state index is 0.0486. The Kier molecular flexibility index (Phi) is 5.70. The third-order valence-corrected chi connectivity index (χ3v) is 5.38. The van der Waals surface area contributed by atoms with E-state index < -0.39 is 0 Å². The SMILES string of the molecule is C=CC(=O)N1CC=C(c2nc(Nc3cc(OC)ncn3)cc3c2ccn3C(C)C)CC1. The van der Waals surface area contributed by atoms with Crippen LogP contribution in [0.15, 0.2) is 49.5 Å². The Balaban J connectivity index is 1.76. The topological polar surface area (TPSA) is 85.2 Å². The van der Waals surface area contributed by atoms with E-state index in [4.69, 9.17) is 9.72 Å². The van der Waals surface area contributed by atoms with Crippen molar-refractivity contribution < 1.29 is 9.53 Å². The molecule has 0 bridgehead atoms. The summed E-state index contributed by atoms with van der Waals surface area (Å²) < 4.78 is 7.42. The van der Waals surface area contributed by atoms with Crippen LogP contribution in [0.4, 0.5) is 11.6 Å².